The Labute approximate surface area is 117 Å². The third-order valence-corrected chi connectivity index (χ3v) is 3.08. The topological polar surface area (TPSA) is 54.0 Å². The molecule has 0 bridgehead atoms. The van der Waals surface area contributed by atoms with Crippen LogP contribution in [0, 0.1) is 5.82 Å². The van der Waals surface area contributed by atoms with E-state index in [-0.39, 0.29) is 17.5 Å². The van der Waals surface area contributed by atoms with E-state index in [9.17, 15) is 9.18 Å². The molecule has 4 nitrogen and oxygen atoms in total. The number of nitrogens with one attached hydrogen (secondary N) is 2. The summed E-state index contributed by atoms with van der Waals surface area (Å²) in [5.41, 5.74) is 1.85. The van der Waals surface area contributed by atoms with Gasteiger partial charge in [0.05, 0.1) is 11.8 Å². The summed E-state index contributed by atoms with van der Waals surface area (Å²) in [4.78, 5) is 15.8. The highest BCUT2D eigenvalue weighted by molar-refractivity contribution is 6.04. The second kappa shape index (κ2) is 6.25. The molecule has 0 aliphatic carbocycles. The van der Waals surface area contributed by atoms with Gasteiger partial charge < -0.3 is 10.6 Å². The number of rotatable bonds is 4. The SMILES string of the molecule is CNC(C)c1ccccc1NC(=O)c1cncc(F)c1. The molecule has 1 amide bonds. The number of anilines is 1. The minimum atomic E-state index is -0.533. The number of benzene rings is 1. The number of para-hydroxylation sites is 1. The van der Waals surface area contributed by atoms with Crippen LogP contribution in [-0.2, 0) is 0 Å². The van der Waals surface area contributed by atoms with Gasteiger partial charge in [0.15, 0.2) is 0 Å². The zero-order chi connectivity index (χ0) is 14.5. The number of carbonyl (C=O) groups excluding carboxylic acids is 1. The molecule has 2 aromatic rings. The molecular weight excluding hydrogens is 257 g/mol. The fourth-order valence-corrected chi connectivity index (χ4v) is 1.87. The molecule has 2 rings (SSSR count). The number of halogens is 1. The van der Waals surface area contributed by atoms with Crippen LogP contribution in [-0.4, -0.2) is 17.9 Å². The Morgan fingerprint density at radius 3 is 2.75 bits per heavy atom. The van der Waals surface area contributed by atoms with Crippen LogP contribution in [0.5, 0.6) is 0 Å². The zero-order valence-corrected chi connectivity index (χ0v) is 11.4. The molecule has 1 aromatic carbocycles. The molecule has 0 saturated carbocycles. The summed E-state index contributed by atoms with van der Waals surface area (Å²) in [6, 6.07) is 8.74. The summed E-state index contributed by atoms with van der Waals surface area (Å²) in [6.07, 6.45) is 2.40. The molecule has 2 N–H and O–H groups in total. The van der Waals surface area contributed by atoms with Crippen molar-refractivity contribution in [3.8, 4) is 0 Å². The van der Waals surface area contributed by atoms with E-state index in [1.54, 1.807) is 0 Å². The van der Waals surface area contributed by atoms with Crippen LogP contribution in [0.3, 0.4) is 0 Å². The molecule has 0 aliphatic rings. The van der Waals surface area contributed by atoms with E-state index in [0.717, 1.165) is 17.8 Å². The Morgan fingerprint density at radius 2 is 2.05 bits per heavy atom. The number of aromatic nitrogens is 1. The molecule has 20 heavy (non-hydrogen) atoms. The van der Waals surface area contributed by atoms with Gasteiger partial charge in [0.2, 0.25) is 0 Å². The second-order valence-corrected chi connectivity index (χ2v) is 4.44. The highest BCUT2D eigenvalue weighted by atomic mass is 19.1. The first kappa shape index (κ1) is 14.1. The van der Waals surface area contributed by atoms with Crippen LogP contribution < -0.4 is 10.6 Å². The van der Waals surface area contributed by atoms with Crippen LogP contribution in [0.4, 0.5) is 10.1 Å². The molecule has 0 fully saturated rings. The Hall–Kier alpha value is -2.27. The van der Waals surface area contributed by atoms with Gasteiger partial charge in [0.25, 0.3) is 5.91 Å². The van der Waals surface area contributed by atoms with Gasteiger partial charge in [-0.05, 0) is 31.7 Å². The van der Waals surface area contributed by atoms with Gasteiger partial charge in [-0.25, -0.2) is 4.39 Å². The maximum absolute atomic E-state index is 13.1. The van der Waals surface area contributed by atoms with Crippen molar-refractivity contribution in [1.29, 1.82) is 0 Å². The standard InChI is InChI=1S/C15H16FN3O/c1-10(17-2)13-5-3-4-6-14(13)19-15(20)11-7-12(16)9-18-8-11/h3-10,17H,1-2H3,(H,19,20). The second-order valence-electron chi connectivity index (χ2n) is 4.44. The van der Waals surface area contributed by atoms with Crippen molar-refractivity contribution in [1.82, 2.24) is 10.3 Å². The van der Waals surface area contributed by atoms with Gasteiger partial charge in [-0.1, -0.05) is 18.2 Å². The number of carbonyl (C=O) groups is 1. The molecule has 0 saturated heterocycles. The summed E-state index contributed by atoms with van der Waals surface area (Å²) in [5.74, 6) is -0.915. The van der Waals surface area contributed by atoms with E-state index < -0.39 is 5.82 Å². The van der Waals surface area contributed by atoms with Crippen LogP contribution in [0.1, 0.15) is 28.9 Å². The number of hydrogen-bond donors (Lipinski definition) is 2. The van der Waals surface area contributed by atoms with Crippen molar-refractivity contribution in [2.45, 2.75) is 13.0 Å². The average Bonchev–Trinajstić information content (AvgIpc) is 2.47. The van der Waals surface area contributed by atoms with Gasteiger partial charge in [0.1, 0.15) is 5.82 Å². The predicted molar refractivity (Wildman–Crippen MR) is 76.1 cm³/mol. The molecule has 1 atom stereocenters. The van der Waals surface area contributed by atoms with Crippen molar-refractivity contribution < 1.29 is 9.18 Å². The lowest BCUT2D eigenvalue weighted by Gasteiger charge is -2.16. The van der Waals surface area contributed by atoms with E-state index in [1.807, 2.05) is 38.2 Å². The van der Waals surface area contributed by atoms with Crippen molar-refractivity contribution in [3.05, 3.63) is 59.7 Å². The van der Waals surface area contributed by atoms with Crippen molar-refractivity contribution in [2.24, 2.45) is 0 Å². The highest BCUT2D eigenvalue weighted by Crippen LogP contribution is 2.22. The average molecular weight is 273 g/mol. The summed E-state index contributed by atoms with van der Waals surface area (Å²) < 4.78 is 13.1. The quantitative estimate of drug-likeness (QED) is 0.900. The van der Waals surface area contributed by atoms with Gasteiger partial charge in [-0.2, -0.15) is 0 Å². The summed E-state index contributed by atoms with van der Waals surface area (Å²) >= 11 is 0. The lowest BCUT2D eigenvalue weighted by atomic mass is 10.1. The van der Waals surface area contributed by atoms with Crippen molar-refractivity contribution in [2.75, 3.05) is 12.4 Å². The van der Waals surface area contributed by atoms with Crippen molar-refractivity contribution >= 4 is 11.6 Å². The molecule has 5 heteroatoms. The fourth-order valence-electron chi connectivity index (χ4n) is 1.87. The minimum Gasteiger partial charge on any atom is -0.322 e. The molecule has 0 aliphatic heterocycles. The van der Waals surface area contributed by atoms with Crippen LogP contribution >= 0.6 is 0 Å². The zero-order valence-electron chi connectivity index (χ0n) is 11.4. The highest BCUT2D eigenvalue weighted by Gasteiger charge is 2.12. The molecule has 1 unspecified atom stereocenters. The molecule has 0 radical (unpaired) electrons. The van der Waals surface area contributed by atoms with Gasteiger partial charge in [0, 0.05) is 17.9 Å². The Balaban J connectivity index is 2.24. The van der Waals surface area contributed by atoms with Crippen LogP contribution in [0.25, 0.3) is 0 Å². The normalized spacial score (nSPS) is 11.9. The number of amides is 1. The first-order valence-corrected chi connectivity index (χ1v) is 6.30. The molecule has 1 aromatic heterocycles. The Kier molecular flexibility index (Phi) is 4.42. The summed E-state index contributed by atoms with van der Waals surface area (Å²) in [6.45, 7) is 1.99. The van der Waals surface area contributed by atoms with Crippen LogP contribution in [0.15, 0.2) is 42.7 Å². The molecule has 104 valence electrons. The third kappa shape index (κ3) is 3.19. The maximum atomic E-state index is 13.1. The number of nitrogens with zero attached hydrogens (tertiary/aromatic N) is 1. The predicted octanol–water partition coefficient (Wildman–Crippen LogP) is 2.75. The molecule has 0 spiro atoms. The monoisotopic (exact) mass is 273 g/mol. The first-order valence-electron chi connectivity index (χ1n) is 6.30. The summed E-state index contributed by atoms with van der Waals surface area (Å²) in [7, 11) is 1.85. The molecular formula is C15H16FN3O. The summed E-state index contributed by atoms with van der Waals surface area (Å²) in [5, 5.41) is 5.90. The number of hydrogen-bond acceptors (Lipinski definition) is 3. The number of pyridine rings is 1. The Morgan fingerprint density at radius 1 is 1.30 bits per heavy atom. The van der Waals surface area contributed by atoms with E-state index in [4.69, 9.17) is 0 Å². The van der Waals surface area contributed by atoms with Crippen LogP contribution in [0.2, 0.25) is 0 Å². The third-order valence-electron chi connectivity index (χ3n) is 3.08. The largest absolute Gasteiger partial charge is 0.322 e. The van der Waals surface area contributed by atoms with Gasteiger partial charge in [-0.3, -0.25) is 9.78 Å². The van der Waals surface area contributed by atoms with E-state index in [2.05, 4.69) is 15.6 Å². The van der Waals surface area contributed by atoms with Gasteiger partial charge >= 0.3 is 0 Å². The smallest absolute Gasteiger partial charge is 0.257 e. The van der Waals surface area contributed by atoms with Crippen molar-refractivity contribution in [3.63, 3.8) is 0 Å². The lowest BCUT2D eigenvalue weighted by molar-refractivity contribution is 0.102. The fraction of sp³-hybridized carbons (Fsp3) is 0.200. The maximum Gasteiger partial charge on any atom is 0.257 e. The van der Waals surface area contributed by atoms with E-state index in [0.29, 0.717) is 5.69 Å². The van der Waals surface area contributed by atoms with E-state index in [1.165, 1.54) is 6.20 Å². The van der Waals surface area contributed by atoms with Gasteiger partial charge in [-0.15, -0.1) is 0 Å². The minimum absolute atomic E-state index is 0.0946. The lowest BCUT2D eigenvalue weighted by Crippen LogP contribution is -2.18. The van der Waals surface area contributed by atoms with E-state index >= 15 is 0 Å². The molecule has 1 heterocycles. The first-order chi connectivity index (χ1) is 9.61. The Bertz CT molecular complexity index is 616.